The number of methoxy groups -OCH3 is 2. The average Bonchev–Trinajstić information content (AvgIpc) is 4.02. The lowest BCUT2D eigenvalue weighted by Crippen LogP contribution is -2.36. The number of amides is 2. The molecule has 4 atom stereocenters. The molecule has 0 bridgehead atoms. The summed E-state index contributed by atoms with van der Waals surface area (Å²) in [6.07, 6.45) is 8.66. The van der Waals surface area contributed by atoms with E-state index in [4.69, 9.17) is 33.2 Å². The summed E-state index contributed by atoms with van der Waals surface area (Å²) in [6.45, 7) is 5.39. The number of hydrogen-bond acceptors (Lipinski definition) is 17. The fourth-order valence-electron chi connectivity index (χ4n) is 8.38. The first-order chi connectivity index (χ1) is 33.8. The summed E-state index contributed by atoms with van der Waals surface area (Å²) in [4.78, 5) is 62.5. The number of aliphatic hydroxyl groups excluding tert-OH is 2. The minimum atomic E-state index is -0.587. The molecule has 2 heterocycles. The van der Waals surface area contributed by atoms with Gasteiger partial charge in [0.05, 0.1) is 104 Å². The minimum absolute atomic E-state index is 0.0520. The standard InChI is InChI=1S/C50H70N6O13/c1-63-48(60)44-13-7-9-39(53-44)35-55(21-25-57)23-29-67-33-34-68-30-24-56(22-26-58)46(43-12-8-14-45(54-43)49(61)64-2)37-15-17-38(18-16-37)47(59)51-19-27-65-31-32-66-28-20-52-50(62)69-36-42-40-10-5-3-4-6-11-41(40)42/h3-4,7-9,12-18,40-42,46,57-58H,5-6,10-11,19-36H2,1-2H3,(H,51,59)(H,52,62)/b4-3-/t40-,41+,42-,46?. The van der Waals surface area contributed by atoms with Crippen molar-refractivity contribution < 1.29 is 62.5 Å². The zero-order valence-corrected chi connectivity index (χ0v) is 40.0. The molecule has 2 aliphatic carbocycles. The number of allylic oxidation sites excluding steroid dienone is 2. The molecular formula is C50H70N6O13. The van der Waals surface area contributed by atoms with Crippen molar-refractivity contribution in [2.45, 2.75) is 38.3 Å². The Morgan fingerprint density at radius 2 is 1.25 bits per heavy atom. The summed E-state index contributed by atoms with van der Waals surface area (Å²) < 4.78 is 38.1. The van der Waals surface area contributed by atoms with E-state index < -0.39 is 24.1 Å². The Morgan fingerprint density at radius 1 is 0.667 bits per heavy atom. The number of fused-ring (bicyclic) bond motifs is 1. The molecule has 5 rings (SSSR count). The van der Waals surface area contributed by atoms with Crippen LogP contribution in [0.1, 0.15) is 80.0 Å². The first kappa shape index (κ1) is 54.6. The lowest BCUT2D eigenvalue weighted by atomic mass is 9.99. The van der Waals surface area contributed by atoms with Crippen LogP contribution in [0.4, 0.5) is 4.79 Å². The summed E-state index contributed by atoms with van der Waals surface area (Å²) in [7, 11) is 2.59. The lowest BCUT2D eigenvalue weighted by Gasteiger charge is -2.31. The van der Waals surface area contributed by atoms with Crippen LogP contribution in [0.25, 0.3) is 0 Å². The van der Waals surface area contributed by atoms with E-state index in [1.54, 1.807) is 48.5 Å². The van der Waals surface area contributed by atoms with Crippen molar-refractivity contribution in [3.63, 3.8) is 0 Å². The molecule has 2 aliphatic rings. The molecule has 1 aromatic carbocycles. The maximum atomic E-state index is 13.1. The zero-order valence-electron chi connectivity index (χ0n) is 40.0. The molecule has 0 saturated heterocycles. The van der Waals surface area contributed by atoms with Gasteiger partial charge in [-0.3, -0.25) is 14.6 Å². The van der Waals surface area contributed by atoms with Crippen LogP contribution in [-0.4, -0.2) is 180 Å². The highest BCUT2D eigenvalue weighted by molar-refractivity contribution is 5.94. The predicted molar refractivity (Wildman–Crippen MR) is 253 cm³/mol. The molecule has 69 heavy (non-hydrogen) atoms. The molecular weight excluding hydrogens is 893 g/mol. The Balaban J connectivity index is 1.01. The van der Waals surface area contributed by atoms with Crippen molar-refractivity contribution in [1.82, 2.24) is 30.4 Å². The number of aliphatic hydroxyl groups is 2. The quantitative estimate of drug-likeness (QED) is 0.0304. The molecule has 19 heteroatoms. The highest BCUT2D eigenvalue weighted by Crippen LogP contribution is 2.52. The largest absolute Gasteiger partial charge is 0.464 e. The van der Waals surface area contributed by atoms with Crippen molar-refractivity contribution in [2.24, 2.45) is 17.8 Å². The Kier molecular flexibility index (Phi) is 24.5. The Hall–Kier alpha value is -5.38. The van der Waals surface area contributed by atoms with Gasteiger partial charge in [-0.1, -0.05) is 36.4 Å². The molecule has 3 aromatic rings. The number of alkyl carbamates (subject to hydrolysis) is 1. The van der Waals surface area contributed by atoms with Crippen LogP contribution in [-0.2, 0) is 39.7 Å². The fourth-order valence-corrected chi connectivity index (χ4v) is 8.38. The van der Waals surface area contributed by atoms with E-state index in [1.165, 1.54) is 27.1 Å². The van der Waals surface area contributed by atoms with Gasteiger partial charge < -0.3 is 54.0 Å². The van der Waals surface area contributed by atoms with Gasteiger partial charge in [0, 0.05) is 51.4 Å². The molecule has 4 N–H and O–H groups in total. The number of benzene rings is 1. The number of carbonyl (C=O) groups excluding carboxylic acids is 4. The van der Waals surface area contributed by atoms with Gasteiger partial charge in [-0.2, -0.15) is 0 Å². The van der Waals surface area contributed by atoms with Crippen LogP contribution in [0.2, 0.25) is 0 Å². The number of carbonyl (C=O) groups is 4. The number of ether oxygens (including phenoxy) is 7. The first-order valence-corrected chi connectivity index (χ1v) is 23.8. The third-order valence-electron chi connectivity index (χ3n) is 12.0. The summed E-state index contributed by atoms with van der Waals surface area (Å²) in [5, 5.41) is 25.3. The van der Waals surface area contributed by atoms with Gasteiger partial charge in [-0.15, -0.1) is 0 Å². The van der Waals surface area contributed by atoms with Crippen LogP contribution in [0.3, 0.4) is 0 Å². The summed E-state index contributed by atoms with van der Waals surface area (Å²) in [6, 6.07) is 16.7. The summed E-state index contributed by atoms with van der Waals surface area (Å²) in [5.74, 6) is 0.448. The number of nitrogens with zero attached hydrogens (tertiary/aromatic N) is 4. The molecule has 0 spiro atoms. The molecule has 19 nitrogen and oxygen atoms in total. The third kappa shape index (κ3) is 18.8. The number of rotatable bonds is 32. The van der Waals surface area contributed by atoms with Gasteiger partial charge in [0.25, 0.3) is 5.91 Å². The average molecular weight is 963 g/mol. The molecule has 2 aromatic heterocycles. The van der Waals surface area contributed by atoms with E-state index in [2.05, 4.69) is 32.8 Å². The minimum Gasteiger partial charge on any atom is -0.464 e. The Morgan fingerprint density at radius 3 is 1.87 bits per heavy atom. The van der Waals surface area contributed by atoms with E-state index in [0.717, 1.165) is 18.4 Å². The molecule has 1 unspecified atom stereocenters. The fraction of sp³-hybridized carbons (Fsp3) is 0.560. The van der Waals surface area contributed by atoms with Gasteiger partial charge in [0.15, 0.2) is 0 Å². The third-order valence-corrected chi connectivity index (χ3v) is 12.0. The molecule has 0 radical (unpaired) electrons. The van der Waals surface area contributed by atoms with E-state index in [0.29, 0.717) is 114 Å². The zero-order chi connectivity index (χ0) is 49.1. The van der Waals surface area contributed by atoms with Crippen LogP contribution in [0, 0.1) is 17.8 Å². The van der Waals surface area contributed by atoms with Crippen molar-refractivity contribution in [2.75, 3.05) is 126 Å². The van der Waals surface area contributed by atoms with E-state index >= 15 is 0 Å². The second-order valence-electron chi connectivity index (χ2n) is 16.6. The van der Waals surface area contributed by atoms with E-state index in [1.807, 2.05) is 21.9 Å². The first-order valence-electron chi connectivity index (χ1n) is 23.8. The smallest absolute Gasteiger partial charge is 0.407 e. The molecule has 0 aliphatic heterocycles. The van der Waals surface area contributed by atoms with Crippen LogP contribution >= 0.6 is 0 Å². The molecule has 1 fully saturated rings. The van der Waals surface area contributed by atoms with Gasteiger partial charge in [-0.05, 0) is 85.4 Å². The summed E-state index contributed by atoms with van der Waals surface area (Å²) in [5.41, 5.74) is 2.75. The van der Waals surface area contributed by atoms with Gasteiger partial charge in [0.2, 0.25) is 0 Å². The number of pyridine rings is 2. The highest BCUT2D eigenvalue weighted by atomic mass is 16.6. The van der Waals surface area contributed by atoms with Gasteiger partial charge in [0.1, 0.15) is 11.4 Å². The van der Waals surface area contributed by atoms with Crippen molar-refractivity contribution in [1.29, 1.82) is 0 Å². The monoisotopic (exact) mass is 963 g/mol. The second kappa shape index (κ2) is 31.0. The molecule has 2 amide bonds. The van der Waals surface area contributed by atoms with Gasteiger partial charge >= 0.3 is 18.0 Å². The Labute approximate surface area is 404 Å². The van der Waals surface area contributed by atoms with E-state index in [9.17, 15) is 29.4 Å². The molecule has 1 saturated carbocycles. The van der Waals surface area contributed by atoms with Crippen molar-refractivity contribution in [3.05, 3.63) is 107 Å². The maximum absolute atomic E-state index is 13.1. The van der Waals surface area contributed by atoms with E-state index in [-0.39, 0.29) is 56.8 Å². The Bertz CT molecular complexity index is 2030. The van der Waals surface area contributed by atoms with Crippen LogP contribution in [0.5, 0.6) is 0 Å². The number of hydrogen-bond donors (Lipinski definition) is 4. The SMILES string of the molecule is COC(=O)c1cccc(CN(CCO)CCOCCOCCN(CCO)C(c2ccc(C(=O)NCCOCCOCCNC(=O)OC[C@@H]3[C@@H]4CC/C=C\CC[C@@H]43)cc2)c2cccc(C(=O)OC)n2)n1. The summed E-state index contributed by atoms with van der Waals surface area (Å²) >= 11 is 0. The topological polar surface area (TPSA) is 230 Å². The highest BCUT2D eigenvalue weighted by Gasteiger charge is 2.49. The maximum Gasteiger partial charge on any atom is 0.407 e. The molecule has 378 valence electrons. The van der Waals surface area contributed by atoms with Crippen molar-refractivity contribution >= 4 is 23.9 Å². The number of esters is 2. The van der Waals surface area contributed by atoms with Crippen molar-refractivity contribution in [3.8, 4) is 0 Å². The van der Waals surface area contributed by atoms with Crippen LogP contribution < -0.4 is 10.6 Å². The predicted octanol–water partition coefficient (Wildman–Crippen LogP) is 3.44. The number of aromatic nitrogens is 2. The van der Waals surface area contributed by atoms with Gasteiger partial charge in [-0.25, -0.2) is 24.4 Å². The number of nitrogens with one attached hydrogen (secondary N) is 2. The lowest BCUT2D eigenvalue weighted by molar-refractivity contribution is 0.0245. The normalized spacial score (nSPS) is 17.3. The van der Waals surface area contributed by atoms with Crippen LogP contribution in [0.15, 0.2) is 72.8 Å². The second-order valence-corrected chi connectivity index (χ2v) is 16.6.